The second kappa shape index (κ2) is 9.69. The number of imide groups is 1. The van der Waals surface area contributed by atoms with Crippen LogP contribution in [0, 0.1) is 16.7 Å². The first-order valence-corrected chi connectivity index (χ1v) is 13.0. The van der Waals surface area contributed by atoms with Crippen LogP contribution < -0.4 is 10.1 Å². The molecule has 4 rings (SSSR count). The van der Waals surface area contributed by atoms with Gasteiger partial charge in [-0.3, -0.25) is 19.3 Å². The van der Waals surface area contributed by atoms with E-state index in [9.17, 15) is 19.2 Å². The molecule has 1 saturated carbocycles. The van der Waals surface area contributed by atoms with Gasteiger partial charge >= 0.3 is 5.97 Å². The van der Waals surface area contributed by atoms with E-state index in [1.807, 2.05) is 32.9 Å². The van der Waals surface area contributed by atoms with E-state index in [1.54, 1.807) is 31.5 Å². The second-order valence-corrected chi connectivity index (χ2v) is 10.9. The molecule has 1 aromatic carbocycles. The molecule has 2 fully saturated rings. The molecule has 2 aliphatic rings. The van der Waals surface area contributed by atoms with Crippen molar-refractivity contribution in [1.82, 2.24) is 4.90 Å². The van der Waals surface area contributed by atoms with E-state index in [1.165, 1.54) is 16.2 Å². The summed E-state index contributed by atoms with van der Waals surface area (Å²) < 4.78 is 10.5. The van der Waals surface area contributed by atoms with Crippen LogP contribution in [0.3, 0.4) is 0 Å². The lowest BCUT2D eigenvalue weighted by molar-refractivity contribution is -0.167. The lowest BCUT2D eigenvalue weighted by Crippen LogP contribution is -2.59. The number of benzene rings is 1. The minimum atomic E-state index is -0.611. The predicted molar refractivity (Wildman–Crippen MR) is 137 cm³/mol. The minimum Gasteiger partial charge on any atom is -0.497 e. The molecule has 8 nitrogen and oxygen atoms in total. The van der Waals surface area contributed by atoms with Gasteiger partial charge in [-0.15, -0.1) is 11.3 Å². The molecule has 36 heavy (non-hydrogen) atoms. The zero-order valence-electron chi connectivity index (χ0n) is 21.3. The van der Waals surface area contributed by atoms with E-state index in [0.29, 0.717) is 29.2 Å². The standard InChI is InChI=1S/C27H32N2O6S/c1-6-35-24(32)21-18(16-7-9-17(34-5)10-8-16)15-36-22(21)28-20(30)12-14-29-23(31)19-11-13-27(4,25(29)33)26(19,2)3/h7-10,15,19H,6,11-14H2,1-5H3,(H,28,30). The summed E-state index contributed by atoms with van der Waals surface area (Å²) in [6.07, 6.45) is 1.30. The first-order valence-electron chi connectivity index (χ1n) is 12.1. The van der Waals surface area contributed by atoms with E-state index in [2.05, 4.69) is 5.32 Å². The summed E-state index contributed by atoms with van der Waals surface area (Å²) in [5, 5.41) is 4.96. The molecule has 2 heterocycles. The maximum Gasteiger partial charge on any atom is 0.341 e. The Kier molecular flexibility index (Phi) is 6.96. The van der Waals surface area contributed by atoms with Crippen molar-refractivity contribution in [2.45, 2.75) is 47.0 Å². The summed E-state index contributed by atoms with van der Waals surface area (Å²) >= 11 is 1.22. The number of amides is 3. The Bertz CT molecular complexity index is 1200. The van der Waals surface area contributed by atoms with E-state index in [4.69, 9.17) is 9.47 Å². The normalized spacial score (nSPS) is 22.5. The second-order valence-electron chi connectivity index (χ2n) is 10.0. The molecule has 1 N–H and O–H groups in total. The SMILES string of the molecule is CCOC(=O)c1c(-c2ccc(OC)cc2)csc1NC(=O)CCN1C(=O)C2CCC(C)(C1=O)C2(C)C. The van der Waals surface area contributed by atoms with Crippen LogP contribution in [0.4, 0.5) is 5.00 Å². The number of rotatable bonds is 8. The van der Waals surface area contributed by atoms with Gasteiger partial charge in [-0.25, -0.2) is 4.79 Å². The average molecular weight is 513 g/mol. The Morgan fingerprint density at radius 2 is 1.86 bits per heavy atom. The van der Waals surface area contributed by atoms with Crippen LogP contribution >= 0.6 is 11.3 Å². The maximum atomic E-state index is 13.2. The van der Waals surface area contributed by atoms with Crippen LogP contribution in [0.5, 0.6) is 5.75 Å². The number of thiophene rings is 1. The average Bonchev–Trinajstić information content (AvgIpc) is 3.34. The van der Waals surface area contributed by atoms with E-state index in [-0.39, 0.29) is 48.8 Å². The van der Waals surface area contributed by atoms with Crippen molar-refractivity contribution in [3.63, 3.8) is 0 Å². The number of likely N-dealkylation sites (tertiary alicyclic amines) is 1. The highest BCUT2D eigenvalue weighted by molar-refractivity contribution is 7.15. The fraction of sp³-hybridized carbons (Fsp3) is 0.481. The Morgan fingerprint density at radius 3 is 2.50 bits per heavy atom. The third-order valence-electron chi connectivity index (χ3n) is 7.99. The summed E-state index contributed by atoms with van der Waals surface area (Å²) in [5.41, 5.74) is 0.692. The summed E-state index contributed by atoms with van der Waals surface area (Å²) in [5.74, 6) is -0.850. The number of carbonyl (C=O) groups is 4. The third-order valence-corrected chi connectivity index (χ3v) is 8.89. The number of esters is 1. The van der Waals surface area contributed by atoms with Crippen molar-refractivity contribution in [2.24, 2.45) is 16.7 Å². The Labute approximate surface area is 215 Å². The molecule has 1 aliphatic heterocycles. The molecule has 2 unspecified atom stereocenters. The molecule has 1 aromatic heterocycles. The minimum absolute atomic E-state index is 0.0110. The fourth-order valence-corrected chi connectivity index (χ4v) is 6.33. The number of fused-ring (bicyclic) bond motifs is 2. The topological polar surface area (TPSA) is 102 Å². The van der Waals surface area contributed by atoms with Crippen LogP contribution in [-0.2, 0) is 19.1 Å². The number of nitrogens with zero attached hydrogens (tertiary/aromatic N) is 1. The number of hydrogen-bond donors (Lipinski definition) is 1. The summed E-state index contributed by atoms with van der Waals surface area (Å²) in [4.78, 5) is 53.2. The Hall–Kier alpha value is -3.20. The van der Waals surface area contributed by atoms with Crippen LogP contribution in [0.2, 0.25) is 0 Å². The predicted octanol–water partition coefficient (Wildman–Crippen LogP) is 4.74. The molecule has 1 aliphatic carbocycles. The molecule has 3 amide bonds. The monoisotopic (exact) mass is 512 g/mol. The number of hydrogen-bond acceptors (Lipinski definition) is 7. The van der Waals surface area contributed by atoms with Gasteiger partial charge in [0.15, 0.2) is 0 Å². The number of methoxy groups -OCH3 is 1. The molecular formula is C27H32N2O6S. The van der Waals surface area contributed by atoms with E-state index >= 15 is 0 Å². The number of anilines is 1. The highest BCUT2D eigenvalue weighted by atomic mass is 32.1. The Morgan fingerprint density at radius 1 is 1.17 bits per heavy atom. The molecule has 0 radical (unpaired) electrons. The van der Waals surface area contributed by atoms with Crippen molar-refractivity contribution in [1.29, 1.82) is 0 Å². The molecule has 0 spiro atoms. The van der Waals surface area contributed by atoms with Gasteiger partial charge in [0.1, 0.15) is 16.3 Å². The quantitative estimate of drug-likeness (QED) is 0.405. The lowest BCUT2D eigenvalue weighted by Gasteiger charge is -2.47. The highest BCUT2D eigenvalue weighted by Gasteiger charge is 2.64. The van der Waals surface area contributed by atoms with E-state index < -0.39 is 16.8 Å². The van der Waals surface area contributed by atoms with Gasteiger partial charge in [-0.1, -0.05) is 32.9 Å². The molecular weight excluding hydrogens is 480 g/mol. The van der Waals surface area contributed by atoms with Crippen LogP contribution in [0.1, 0.15) is 57.3 Å². The molecule has 192 valence electrons. The van der Waals surface area contributed by atoms with Gasteiger partial charge in [0.05, 0.1) is 19.1 Å². The number of nitrogens with one attached hydrogen (secondary N) is 1. The number of ether oxygens (including phenoxy) is 2. The smallest absolute Gasteiger partial charge is 0.341 e. The van der Waals surface area contributed by atoms with Gasteiger partial charge in [0.2, 0.25) is 17.7 Å². The zero-order valence-corrected chi connectivity index (χ0v) is 22.1. The molecule has 2 atom stereocenters. The molecule has 9 heteroatoms. The highest BCUT2D eigenvalue weighted by Crippen LogP contribution is 2.60. The molecule has 1 saturated heterocycles. The van der Waals surface area contributed by atoms with E-state index in [0.717, 1.165) is 5.56 Å². The fourth-order valence-electron chi connectivity index (χ4n) is 5.35. The summed E-state index contributed by atoms with van der Waals surface area (Å²) in [6, 6.07) is 7.25. The molecule has 2 aromatic rings. The number of carbonyl (C=O) groups excluding carboxylic acids is 4. The van der Waals surface area contributed by atoms with Gasteiger partial charge < -0.3 is 14.8 Å². The first-order chi connectivity index (χ1) is 17.0. The summed E-state index contributed by atoms with van der Waals surface area (Å²) in [6.45, 7) is 7.82. The van der Waals surface area contributed by atoms with Crippen molar-refractivity contribution >= 4 is 40.0 Å². The van der Waals surface area contributed by atoms with Crippen molar-refractivity contribution in [3.8, 4) is 16.9 Å². The van der Waals surface area contributed by atoms with Gasteiger partial charge in [0.25, 0.3) is 0 Å². The van der Waals surface area contributed by atoms with Crippen LogP contribution in [0.25, 0.3) is 11.1 Å². The Balaban J connectivity index is 1.51. The molecule has 2 bridgehead atoms. The number of piperidine rings is 1. The van der Waals surface area contributed by atoms with Gasteiger partial charge in [0, 0.05) is 29.8 Å². The largest absolute Gasteiger partial charge is 0.497 e. The lowest BCUT2D eigenvalue weighted by atomic mass is 9.62. The van der Waals surface area contributed by atoms with Crippen molar-refractivity contribution < 1.29 is 28.7 Å². The summed E-state index contributed by atoms with van der Waals surface area (Å²) in [7, 11) is 1.58. The van der Waals surface area contributed by atoms with Crippen LogP contribution in [-0.4, -0.2) is 48.9 Å². The zero-order chi connectivity index (χ0) is 26.3. The van der Waals surface area contributed by atoms with Gasteiger partial charge in [-0.2, -0.15) is 0 Å². The van der Waals surface area contributed by atoms with Crippen molar-refractivity contribution in [2.75, 3.05) is 25.6 Å². The maximum absolute atomic E-state index is 13.2. The van der Waals surface area contributed by atoms with Crippen molar-refractivity contribution in [3.05, 3.63) is 35.2 Å². The van der Waals surface area contributed by atoms with Crippen LogP contribution in [0.15, 0.2) is 29.6 Å². The first kappa shape index (κ1) is 25.9. The third kappa shape index (κ3) is 4.19. The van der Waals surface area contributed by atoms with Gasteiger partial charge in [-0.05, 0) is 42.9 Å².